The standard InChI is InChI=1S/C23H23ClFN3O2/c1-14(23(29)28-10-2-3-16(26)13-28)30-17-5-7-20-18(8-9-27-22(20)12-17)19-6-4-15(25)11-21(19)24/h4-9,11-12,14,16H,2-3,10,13,26H2,1H3/t14-,16+/m1/s1. The monoisotopic (exact) mass is 427 g/mol. The molecule has 1 aliphatic rings. The number of pyridine rings is 1. The fourth-order valence-electron chi connectivity index (χ4n) is 3.87. The number of aromatic nitrogens is 1. The van der Waals surface area contributed by atoms with Gasteiger partial charge in [0.05, 0.1) is 10.5 Å². The Morgan fingerprint density at radius 2 is 2.10 bits per heavy atom. The summed E-state index contributed by atoms with van der Waals surface area (Å²) in [7, 11) is 0. The Balaban J connectivity index is 1.57. The molecule has 5 nitrogen and oxygen atoms in total. The van der Waals surface area contributed by atoms with E-state index in [-0.39, 0.29) is 17.8 Å². The number of fused-ring (bicyclic) bond motifs is 1. The molecular formula is C23H23ClFN3O2. The minimum absolute atomic E-state index is 0.0245. The van der Waals surface area contributed by atoms with Crippen molar-refractivity contribution in [3.8, 4) is 16.9 Å². The minimum atomic E-state index is -0.623. The molecule has 0 spiro atoms. The molecule has 1 aromatic heterocycles. The first-order valence-corrected chi connectivity index (χ1v) is 10.4. The van der Waals surface area contributed by atoms with Crippen LogP contribution in [0.1, 0.15) is 19.8 Å². The summed E-state index contributed by atoms with van der Waals surface area (Å²) in [6.45, 7) is 3.02. The molecule has 2 N–H and O–H groups in total. The van der Waals surface area contributed by atoms with Crippen molar-refractivity contribution >= 4 is 28.4 Å². The van der Waals surface area contributed by atoms with Gasteiger partial charge in [-0.1, -0.05) is 11.6 Å². The van der Waals surface area contributed by atoms with Crippen LogP contribution in [-0.4, -0.2) is 41.0 Å². The van der Waals surface area contributed by atoms with Crippen molar-refractivity contribution in [2.24, 2.45) is 5.73 Å². The maximum Gasteiger partial charge on any atom is 0.263 e. The van der Waals surface area contributed by atoms with Gasteiger partial charge in [0, 0.05) is 42.3 Å². The molecule has 2 heterocycles. The molecule has 1 saturated heterocycles. The Bertz CT molecular complexity index is 1090. The normalized spacial score (nSPS) is 17.7. The summed E-state index contributed by atoms with van der Waals surface area (Å²) in [6, 6.07) is 11.7. The van der Waals surface area contributed by atoms with Crippen molar-refractivity contribution in [3.05, 3.63) is 59.5 Å². The highest BCUT2D eigenvalue weighted by molar-refractivity contribution is 6.33. The molecule has 1 aliphatic heterocycles. The number of carbonyl (C=O) groups is 1. The molecule has 0 unspecified atom stereocenters. The lowest BCUT2D eigenvalue weighted by Gasteiger charge is -2.32. The van der Waals surface area contributed by atoms with E-state index in [4.69, 9.17) is 22.1 Å². The second kappa shape index (κ2) is 8.58. The van der Waals surface area contributed by atoms with Crippen LogP contribution in [-0.2, 0) is 4.79 Å². The Morgan fingerprint density at radius 3 is 2.87 bits per heavy atom. The number of piperidine rings is 1. The van der Waals surface area contributed by atoms with E-state index in [1.165, 1.54) is 12.1 Å². The van der Waals surface area contributed by atoms with Crippen molar-refractivity contribution < 1.29 is 13.9 Å². The Hall–Kier alpha value is -2.70. The average Bonchev–Trinajstić information content (AvgIpc) is 2.73. The van der Waals surface area contributed by atoms with E-state index in [0.29, 0.717) is 29.4 Å². The van der Waals surface area contributed by atoms with E-state index in [9.17, 15) is 9.18 Å². The lowest BCUT2D eigenvalue weighted by Crippen LogP contribution is -2.49. The van der Waals surface area contributed by atoms with E-state index in [2.05, 4.69) is 4.98 Å². The van der Waals surface area contributed by atoms with Gasteiger partial charge in [-0.3, -0.25) is 9.78 Å². The van der Waals surface area contributed by atoms with Crippen LogP contribution in [0.15, 0.2) is 48.7 Å². The predicted molar refractivity (Wildman–Crippen MR) is 116 cm³/mol. The number of carbonyl (C=O) groups excluding carboxylic acids is 1. The molecule has 3 aromatic rings. The van der Waals surface area contributed by atoms with Crippen LogP contribution in [0, 0.1) is 5.82 Å². The number of rotatable bonds is 4. The summed E-state index contributed by atoms with van der Waals surface area (Å²) in [6.07, 6.45) is 2.90. The SMILES string of the molecule is C[C@@H](Oc1ccc2c(-c3ccc(F)cc3Cl)ccnc2c1)C(=O)N1CCC[C@H](N)C1. The van der Waals surface area contributed by atoms with E-state index in [1.807, 2.05) is 12.1 Å². The summed E-state index contributed by atoms with van der Waals surface area (Å²) >= 11 is 6.25. The zero-order valence-corrected chi connectivity index (χ0v) is 17.4. The van der Waals surface area contributed by atoms with Crippen LogP contribution in [0.2, 0.25) is 5.02 Å². The molecule has 7 heteroatoms. The maximum absolute atomic E-state index is 13.4. The van der Waals surface area contributed by atoms with Gasteiger partial charge in [-0.2, -0.15) is 0 Å². The number of hydrogen-bond acceptors (Lipinski definition) is 4. The Morgan fingerprint density at radius 1 is 1.27 bits per heavy atom. The van der Waals surface area contributed by atoms with Gasteiger partial charge in [0.15, 0.2) is 6.10 Å². The van der Waals surface area contributed by atoms with Crippen LogP contribution >= 0.6 is 11.6 Å². The fourth-order valence-corrected chi connectivity index (χ4v) is 4.13. The van der Waals surface area contributed by atoms with E-state index < -0.39 is 6.10 Å². The molecule has 1 fully saturated rings. The topological polar surface area (TPSA) is 68.5 Å². The zero-order valence-electron chi connectivity index (χ0n) is 16.6. The second-order valence-corrected chi connectivity index (χ2v) is 8.02. The van der Waals surface area contributed by atoms with E-state index in [1.54, 1.807) is 36.2 Å². The zero-order chi connectivity index (χ0) is 21.3. The summed E-state index contributed by atoms with van der Waals surface area (Å²) < 4.78 is 19.3. The fraction of sp³-hybridized carbons (Fsp3) is 0.304. The lowest BCUT2D eigenvalue weighted by molar-refractivity contribution is -0.139. The highest BCUT2D eigenvalue weighted by Gasteiger charge is 2.26. The van der Waals surface area contributed by atoms with Crippen LogP contribution < -0.4 is 10.5 Å². The summed E-state index contributed by atoms with van der Waals surface area (Å²) in [5.41, 5.74) is 8.26. The third kappa shape index (κ3) is 4.25. The number of likely N-dealkylation sites (tertiary alicyclic amines) is 1. The third-order valence-corrected chi connectivity index (χ3v) is 5.68. The first kappa shape index (κ1) is 20.6. The largest absolute Gasteiger partial charge is 0.481 e. The first-order chi connectivity index (χ1) is 14.4. The number of ether oxygens (including phenoxy) is 1. The number of halogens is 2. The number of amides is 1. The molecule has 2 atom stereocenters. The van der Waals surface area contributed by atoms with Crippen molar-refractivity contribution in [1.82, 2.24) is 9.88 Å². The first-order valence-electron chi connectivity index (χ1n) is 9.97. The quantitative estimate of drug-likeness (QED) is 0.669. The molecule has 0 radical (unpaired) electrons. The molecule has 0 aliphatic carbocycles. The highest BCUT2D eigenvalue weighted by atomic mass is 35.5. The van der Waals surface area contributed by atoms with Crippen molar-refractivity contribution in [2.75, 3.05) is 13.1 Å². The summed E-state index contributed by atoms with van der Waals surface area (Å²) in [4.78, 5) is 18.9. The van der Waals surface area contributed by atoms with Gasteiger partial charge < -0.3 is 15.4 Å². The molecule has 156 valence electrons. The predicted octanol–water partition coefficient (Wildman–Crippen LogP) is 4.41. The number of nitrogens with zero attached hydrogens (tertiary/aromatic N) is 2. The molecule has 1 amide bonds. The third-order valence-electron chi connectivity index (χ3n) is 5.37. The number of nitrogens with two attached hydrogens (primary N) is 1. The van der Waals surface area contributed by atoms with Crippen molar-refractivity contribution in [2.45, 2.75) is 31.9 Å². The Kier molecular flexibility index (Phi) is 5.88. The van der Waals surface area contributed by atoms with Crippen LogP contribution in [0.3, 0.4) is 0 Å². The maximum atomic E-state index is 13.4. The molecule has 0 bridgehead atoms. The van der Waals surface area contributed by atoms with Crippen molar-refractivity contribution in [1.29, 1.82) is 0 Å². The minimum Gasteiger partial charge on any atom is -0.481 e. The number of benzene rings is 2. The van der Waals surface area contributed by atoms with Crippen LogP contribution in [0.5, 0.6) is 5.75 Å². The van der Waals surface area contributed by atoms with Crippen molar-refractivity contribution in [3.63, 3.8) is 0 Å². The molecular weight excluding hydrogens is 405 g/mol. The van der Waals surface area contributed by atoms with Gasteiger partial charge in [0.25, 0.3) is 5.91 Å². The summed E-state index contributed by atoms with van der Waals surface area (Å²) in [5.74, 6) is 0.107. The summed E-state index contributed by atoms with van der Waals surface area (Å²) in [5, 5.41) is 1.20. The molecule has 4 rings (SSSR count). The average molecular weight is 428 g/mol. The van der Waals surface area contributed by atoms with Crippen LogP contribution in [0.4, 0.5) is 4.39 Å². The Labute approximate surface area is 179 Å². The van der Waals surface area contributed by atoms with Gasteiger partial charge in [-0.05, 0) is 61.7 Å². The highest BCUT2D eigenvalue weighted by Crippen LogP contribution is 2.34. The lowest BCUT2D eigenvalue weighted by atomic mass is 10.0. The molecule has 30 heavy (non-hydrogen) atoms. The van der Waals surface area contributed by atoms with Gasteiger partial charge in [0.2, 0.25) is 0 Å². The number of hydrogen-bond donors (Lipinski definition) is 1. The molecule has 0 saturated carbocycles. The van der Waals surface area contributed by atoms with E-state index >= 15 is 0 Å². The van der Waals surface area contributed by atoms with Gasteiger partial charge in [-0.15, -0.1) is 0 Å². The molecule has 2 aromatic carbocycles. The van der Waals surface area contributed by atoms with E-state index in [0.717, 1.165) is 29.4 Å². The second-order valence-electron chi connectivity index (χ2n) is 7.61. The van der Waals surface area contributed by atoms with Crippen LogP contribution in [0.25, 0.3) is 22.0 Å². The van der Waals surface area contributed by atoms with Gasteiger partial charge in [-0.25, -0.2) is 4.39 Å². The van der Waals surface area contributed by atoms with Gasteiger partial charge >= 0.3 is 0 Å². The van der Waals surface area contributed by atoms with Gasteiger partial charge in [0.1, 0.15) is 11.6 Å². The smallest absolute Gasteiger partial charge is 0.263 e.